The maximum absolute atomic E-state index is 12.0. The maximum Gasteiger partial charge on any atom is 0.253 e. The molecule has 0 bridgehead atoms. The summed E-state index contributed by atoms with van der Waals surface area (Å²) in [5.41, 5.74) is 1.42. The van der Waals surface area contributed by atoms with Gasteiger partial charge in [0.15, 0.2) is 0 Å². The van der Waals surface area contributed by atoms with Crippen LogP contribution in [0.5, 0.6) is 5.75 Å². The van der Waals surface area contributed by atoms with Gasteiger partial charge in [-0.2, -0.15) is 0 Å². The predicted molar refractivity (Wildman–Crippen MR) is 87.3 cm³/mol. The molecule has 0 saturated heterocycles. The highest BCUT2D eigenvalue weighted by atomic mass is 16.5. The monoisotopic (exact) mass is 315 g/mol. The summed E-state index contributed by atoms with van der Waals surface area (Å²) in [4.78, 5) is 28.1. The molecule has 2 rings (SSSR count). The van der Waals surface area contributed by atoms with Crippen LogP contribution >= 0.6 is 0 Å². The number of hydrogen-bond donors (Lipinski definition) is 1. The van der Waals surface area contributed by atoms with Crippen LogP contribution in [0.3, 0.4) is 0 Å². The molecule has 6 heteroatoms. The van der Waals surface area contributed by atoms with Crippen LogP contribution in [0.1, 0.15) is 24.6 Å². The number of aromatic nitrogens is 2. The number of aryl methyl sites for hydroxylation is 1. The lowest BCUT2D eigenvalue weighted by Gasteiger charge is -2.10. The molecule has 2 aromatic rings. The van der Waals surface area contributed by atoms with Crippen molar-refractivity contribution in [3.8, 4) is 5.75 Å². The van der Waals surface area contributed by atoms with Gasteiger partial charge in [0.2, 0.25) is 5.91 Å². The minimum atomic E-state index is -0.247. The number of hydrogen-bond acceptors (Lipinski definition) is 4. The van der Waals surface area contributed by atoms with Gasteiger partial charge in [0, 0.05) is 23.9 Å². The summed E-state index contributed by atoms with van der Waals surface area (Å²) in [6.45, 7) is 2.32. The zero-order chi connectivity index (χ0) is 16.7. The zero-order valence-corrected chi connectivity index (χ0v) is 13.4. The molecule has 0 unspecified atom stereocenters. The van der Waals surface area contributed by atoms with Crippen LogP contribution in [0, 0.1) is 0 Å². The molecular formula is C17H21N3O3. The normalized spacial score (nSPS) is 10.3. The number of carbonyl (C=O) groups excluding carboxylic acids is 1. The van der Waals surface area contributed by atoms with Gasteiger partial charge in [-0.15, -0.1) is 0 Å². The molecule has 1 aromatic carbocycles. The van der Waals surface area contributed by atoms with E-state index in [1.54, 1.807) is 7.11 Å². The first-order chi connectivity index (χ1) is 11.1. The first-order valence-corrected chi connectivity index (χ1v) is 7.58. The highest BCUT2D eigenvalue weighted by molar-refractivity contribution is 5.75. The Labute approximate surface area is 135 Å². The van der Waals surface area contributed by atoms with Gasteiger partial charge >= 0.3 is 0 Å². The summed E-state index contributed by atoms with van der Waals surface area (Å²) < 4.78 is 6.54. The number of benzene rings is 1. The average Bonchev–Trinajstić information content (AvgIpc) is 2.56. The van der Waals surface area contributed by atoms with Gasteiger partial charge in [-0.05, 0) is 12.5 Å². The number of nitrogens with zero attached hydrogens (tertiary/aromatic N) is 2. The highest BCUT2D eigenvalue weighted by Crippen LogP contribution is 2.16. The molecule has 0 aliphatic carbocycles. The SMILES string of the molecule is CCCc1cc(=O)n(CC(=O)NCc2ccccc2OC)cn1. The van der Waals surface area contributed by atoms with Gasteiger partial charge in [0.25, 0.3) is 5.56 Å². The van der Waals surface area contributed by atoms with Crippen LogP contribution in [0.15, 0.2) is 41.5 Å². The van der Waals surface area contributed by atoms with Gasteiger partial charge in [-0.3, -0.25) is 14.2 Å². The zero-order valence-electron chi connectivity index (χ0n) is 13.4. The molecule has 6 nitrogen and oxygen atoms in total. The van der Waals surface area contributed by atoms with Gasteiger partial charge in [-0.1, -0.05) is 31.5 Å². The molecule has 0 fully saturated rings. The second-order valence-electron chi connectivity index (χ2n) is 5.18. The fraction of sp³-hybridized carbons (Fsp3) is 0.353. The second kappa shape index (κ2) is 8.12. The Balaban J connectivity index is 1.96. The van der Waals surface area contributed by atoms with E-state index in [9.17, 15) is 9.59 Å². The molecule has 1 N–H and O–H groups in total. The predicted octanol–water partition coefficient (Wildman–Crippen LogP) is 1.52. The highest BCUT2D eigenvalue weighted by Gasteiger charge is 2.07. The third-order valence-corrected chi connectivity index (χ3v) is 3.42. The fourth-order valence-electron chi connectivity index (χ4n) is 2.23. The Hall–Kier alpha value is -2.63. The molecule has 0 atom stereocenters. The van der Waals surface area contributed by atoms with Crippen LogP contribution in [0.2, 0.25) is 0 Å². The number of methoxy groups -OCH3 is 1. The molecule has 0 spiro atoms. The van der Waals surface area contributed by atoms with E-state index in [2.05, 4.69) is 10.3 Å². The second-order valence-corrected chi connectivity index (χ2v) is 5.18. The molecular weight excluding hydrogens is 294 g/mol. The lowest BCUT2D eigenvalue weighted by molar-refractivity contribution is -0.121. The van der Waals surface area contributed by atoms with E-state index in [0.29, 0.717) is 6.54 Å². The van der Waals surface area contributed by atoms with Crippen molar-refractivity contribution in [1.82, 2.24) is 14.9 Å². The summed E-state index contributed by atoms with van der Waals surface area (Å²) in [6, 6.07) is 8.95. The molecule has 0 aliphatic rings. The van der Waals surface area contributed by atoms with E-state index in [4.69, 9.17) is 4.74 Å². The molecule has 0 aliphatic heterocycles. The van der Waals surface area contributed by atoms with Crippen molar-refractivity contribution >= 4 is 5.91 Å². The average molecular weight is 315 g/mol. The number of rotatable bonds is 7. The van der Waals surface area contributed by atoms with Gasteiger partial charge in [-0.25, -0.2) is 4.98 Å². The van der Waals surface area contributed by atoms with Crippen molar-refractivity contribution in [2.24, 2.45) is 0 Å². The first-order valence-electron chi connectivity index (χ1n) is 7.58. The summed E-state index contributed by atoms with van der Waals surface area (Å²) in [5, 5.41) is 2.78. The van der Waals surface area contributed by atoms with Crippen molar-refractivity contribution in [3.63, 3.8) is 0 Å². The standard InChI is InChI=1S/C17H21N3O3/c1-3-6-14-9-17(22)20(12-19-14)11-16(21)18-10-13-7-4-5-8-15(13)23-2/h4-5,7-9,12H,3,6,10-11H2,1-2H3,(H,18,21). The van der Waals surface area contributed by atoms with Crippen LogP contribution < -0.4 is 15.6 Å². The smallest absolute Gasteiger partial charge is 0.253 e. The number of nitrogens with one attached hydrogen (secondary N) is 1. The van der Waals surface area contributed by atoms with Crippen molar-refractivity contribution in [2.45, 2.75) is 32.9 Å². The molecule has 122 valence electrons. The largest absolute Gasteiger partial charge is 0.496 e. The van der Waals surface area contributed by atoms with Crippen LogP contribution in [0.4, 0.5) is 0 Å². The lowest BCUT2D eigenvalue weighted by Crippen LogP contribution is -2.32. The van der Waals surface area contributed by atoms with Crippen molar-refractivity contribution in [3.05, 3.63) is 58.3 Å². The first kappa shape index (κ1) is 16.7. The Kier molecular flexibility index (Phi) is 5.91. The Morgan fingerprint density at radius 2 is 2.13 bits per heavy atom. The molecule has 1 aromatic heterocycles. The molecule has 0 radical (unpaired) electrons. The Morgan fingerprint density at radius 3 is 2.83 bits per heavy atom. The summed E-state index contributed by atoms with van der Waals surface area (Å²) in [7, 11) is 1.59. The van der Waals surface area contributed by atoms with Crippen molar-refractivity contribution < 1.29 is 9.53 Å². The van der Waals surface area contributed by atoms with Crippen LogP contribution in [0.25, 0.3) is 0 Å². The van der Waals surface area contributed by atoms with E-state index in [1.165, 1.54) is 17.0 Å². The van der Waals surface area contributed by atoms with E-state index < -0.39 is 0 Å². The van der Waals surface area contributed by atoms with E-state index in [0.717, 1.165) is 29.8 Å². The molecule has 23 heavy (non-hydrogen) atoms. The molecule has 0 saturated carbocycles. The molecule has 1 heterocycles. The molecule has 1 amide bonds. The summed E-state index contributed by atoms with van der Waals surface area (Å²) in [5.74, 6) is 0.471. The van der Waals surface area contributed by atoms with Gasteiger partial charge in [0.05, 0.1) is 13.4 Å². The van der Waals surface area contributed by atoms with E-state index in [1.807, 2.05) is 31.2 Å². The minimum Gasteiger partial charge on any atom is -0.496 e. The third-order valence-electron chi connectivity index (χ3n) is 3.42. The Bertz CT molecular complexity index is 725. The number of para-hydroxylation sites is 1. The number of ether oxygens (including phenoxy) is 1. The van der Waals surface area contributed by atoms with Gasteiger partial charge < -0.3 is 10.1 Å². The minimum absolute atomic E-state index is 0.0482. The quantitative estimate of drug-likeness (QED) is 0.841. The third kappa shape index (κ3) is 4.67. The van der Waals surface area contributed by atoms with E-state index >= 15 is 0 Å². The summed E-state index contributed by atoms with van der Waals surface area (Å²) in [6.07, 6.45) is 3.11. The fourth-order valence-corrected chi connectivity index (χ4v) is 2.23. The maximum atomic E-state index is 12.0. The van der Waals surface area contributed by atoms with Crippen LogP contribution in [-0.2, 0) is 24.3 Å². The number of amides is 1. The van der Waals surface area contributed by atoms with Crippen molar-refractivity contribution in [2.75, 3.05) is 7.11 Å². The lowest BCUT2D eigenvalue weighted by atomic mass is 10.2. The van der Waals surface area contributed by atoms with Crippen molar-refractivity contribution in [1.29, 1.82) is 0 Å². The number of carbonyl (C=O) groups is 1. The topological polar surface area (TPSA) is 73.2 Å². The summed E-state index contributed by atoms with van der Waals surface area (Å²) >= 11 is 0. The van der Waals surface area contributed by atoms with E-state index in [-0.39, 0.29) is 18.0 Å². The van der Waals surface area contributed by atoms with Crippen LogP contribution in [-0.4, -0.2) is 22.6 Å². The van der Waals surface area contributed by atoms with Gasteiger partial charge in [0.1, 0.15) is 12.3 Å². The Morgan fingerprint density at radius 1 is 1.35 bits per heavy atom.